The molecule has 12 heteroatoms. The van der Waals surface area contributed by atoms with E-state index in [1.807, 2.05) is 26.0 Å². The standard InChI is InChI=1S/C26H41N7O4S/c1-3-7-20(17-34)30-23(35)22(27)25-33(4-2)24(36)21(38-25)16-29-18-8-10-19(11-9-18)31-26(37)28-12-15-32-13-5-6-14-32/h8-11,20-21,29,34H,3-7,12-17,27H2,1-2H3,(H,30,35)(H2,28,31,37)/b25-22+/t20?,21-/m1/s1. The summed E-state index contributed by atoms with van der Waals surface area (Å²) in [6, 6.07) is 6.65. The molecule has 2 heterocycles. The molecule has 0 radical (unpaired) electrons. The second-order valence-electron chi connectivity index (χ2n) is 9.44. The van der Waals surface area contributed by atoms with Gasteiger partial charge in [0.25, 0.3) is 5.91 Å². The molecule has 38 heavy (non-hydrogen) atoms. The van der Waals surface area contributed by atoms with Crippen LogP contribution in [0.5, 0.6) is 0 Å². The summed E-state index contributed by atoms with van der Waals surface area (Å²) >= 11 is 1.26. The number of hydrogen-bond acceptors (Lipinski definition) is 8. The van der Waals surface area contributed by atoms with Gasteiger partial charge in [-0.1, -0.05) is 25.1 Å². The molecule has 4 amide bonds. The lowest BCUT2D eigenvalue weighted by Crippen LogP contribution is -2.41. The smallest absolute Gasteiger partial charge is 0.319 e. The molecule has 1 aromatic rings. The average molecular weight is 548 g/mol. The highest BCUT2D eigenvalue weighted by Crippen LogP contribution is 2.36. The molecule has 2 saturated heterocycles. The first-order valence-electron chi connectivity index (χ1n) is 13.4. The molecule has 2 aliphatic heterocycles. The maximum Gasteiger partial charge on any atom is 0.319 e. The van der Waals surface area contributed by atoms with Crippen molar-refractivity contribution >= 4 is 41.0 Å². The van der Waals surface area contributed by atoms with E-state index in [1.165, 1.54) is 29.5 Å². The largest absolute Gasteiger partial charge is 0.394 e. The van der Waals surface area contributed by atoms with Gasteiger partial charge in [-0.05, 0) is 63.5 Å². The third-order valence-electron chi connectivity index (χ3n) is 6.57. The van der Waals surface area contributed by atoms with Gasteiger partial charge < -0.3 is 41.9 Å². The molecule has 11 nitrogen and oxygen atoms in total. The van der Waals surface area contributed by atoms with Gasteiger partial charge in [-0.15, -0.1) is 0 Å². The molecule has 0 aliphatic carbocycles. The van der Waals surface area contributed by atoms with Crippen molar-refractivity contribution in [1.29, 1.82) is 0 Å². The Hall–Kier alpha value is -2.96. The van der Waals surface area contributed by atoms with Crippen LogP contribution in [0.15, 0.2) is 35.0 Å². The Labute approximate surface area is 228 Å². The quantitative estimate of drug-likeness (QED) is 0.204. The highest BCUT2D eigenvalue weighted by Gasteiger charge is 2.38. The number of urea groups is 1. The van der Waals surface area contributed by atoms with Crippen LogP contribution in [0, 0.1) is 0 Å². The lowest BCUT2D eigenvalue weighted by molar-refractivity contribution is -0.127. The van der Waals surface area contributed by atoms with Crippen LogP contribution in [-0.2, 0) is 9.59 Å². The number of carbonyl (C=O) groups excluding carboxylic acids is 3. The van der Waals surface area contributed by atoms with Gasteiger partial charge in [0.2, 0.25) is 5.91 Å². The van der Waals surface area contributed by atoms with Crippen molar-refractivity contribution in [2.45, 2.75) is 50.8 Å². The third-order valence-corrected chi connectivity index (χ3v) is 7.89. The number of benzene rings is 1. The lowest BCUT2D eigenvalue weighted by Gasteiger charge is -2.19. The first-order chi connectivity index (χ1) is 18.4. The summed E-state index contributed by atoms with van der Waals surface area (Å²) in [6.45, 7) is 8.04. The fourth-order valence-electron chi connectivity index (χ4n) is 4.47. The van der Waals surface area contributed by atoms with Crippen molar-refractivity contribution in [3.05, 3.63) is 35.0 Å². The Morgan fingerprint density at radius 1 is 1.16 bits per heavy atom. The number of anilines is 2. The summed E-state index contributed by atoms with van der Waals surface area (Å²) in [6.07, 6.45) is 3.90. The van der Waals surface area contributed by atoms with Gasteiger partial charge in [0.1, 0.15) is 16.0 Å². The first-order valence-corrected chi connectivity index (χ1v) is 14.2. The van der Waals surface area contributed by atoms with E-state index in [2.05, 4.69) is 26.2 Å². The lowest BCUT2D eigenvalue weighted by atomic mass is 10.2. The van der Waals surface area contributed by atoms with E-state index in [4.69, 9.17) is 5.73 Å². The summed E-state index contributed by atoms with van der Waals surface area (Å²) in [5, 5.41) is 21.2. The zero-order valence-electron chi connectivity index (χ0n) is 22.3. The number of nitrogens with two attached hydrogens (primary N) is 1. The minimum Gasteiger partial charge on any atom is -0.394 e. The Bertz CT molecular complexity index is 982. The maximum atomic E-state index is 13.0. The first kappa shape index (κ1) is 29.6. The number of carbonyl (C=O) groups is 3. The van der Waals surface area contributed by atoms with Gasteiger partial charge in [0.15, 0.2) is 0 Å². The number of hydrogen-bond donors (Lipinski definition) is 6. The number of nitrogens with zero attached hydrogens (tertiary/aromatic N) is 2. The molecule has 3 rings (SSSR count). The van der Waals surface area contributed by atoms with Crippen LogP contribution in [0.2, 0.25) is 0 Å². The zero-order chi connectivity index (χ0) is 27.5. The number of likely N-dealkylation sites (tertiary alicyclic amines) is 1. The monoisotopic (exact) mass is 547 g/mol. The van der Waals surface area contributed by atoms with Gasteiger partial charge in [0, 0.05) is 37.6 Å². The van der Waals surface area contributed by atoms with E-state index >= 15 is 0 Å². The molecule has 1 unspecified atom stereocenters. The van der Waals surface area contributed by atoms with Crippen LogP contribution in [0.25, 0.3) is 0 Å². The Balaban J connectivity index is 1.50. The minimum atomic E-state index is -0.483. The zero-order valence-corrected chi connectivity index (χ0v) is 23.1. The molecule has 2 aliphatic rings. The van der Waals surface area contributed by atoms with E-state index in [9.17, 15) is 19.5 Å². The molecule has 0 saturated carbocycles. The molecule has 7 N–H and O–H groups in total. The summed E-state index contributed by atoms with van der Waals surface area (Å²) < 4.78 is 0. The number of aliphatic hydroxyl groups excluding tert-OH is 1. The number of nitrogens with one attached hydrogen (secondary N) is 4. The van der Waals surface area contributed by atoms with E-state index in [1.54, 1.807) is 12.1 Å². The van der Waals surface area contributed by atoms with E-state index in [-0.39, 0.29) is 30.3 Å². The maximum absolute atomic E-state index is 13.0. The van der Waals surface area contributed by atoms with Crippen LogP contribution in [0.1, 0.15) is 39.5 Å². The highest BCUT2D eigenvalue weighted by molar-refractivity contribution is 8.04. The van der Waals surface area contributed by atoms with Crippen molar-refractivity contribution in [3.63, 3.8) is 0 Å². The highest BCUT2D eigenvalue weighted by atomic mass is 32.2. The number of amides is 4. The molecule has 0 aromatic heterocycles. The van der Waals surface area contributed by atoms with Crippen LogP contribution >= 0.6 is 11.8 Å². The van der Waals surface area contributed by atoms with E-state index < -0.39 is 11.2 Å². The molecular weight excluding hydrogens is 506 g/mol. The third kappa shape index (κ3) is 8.27. The number of rotatable bonds is 13. The van der Waals surface area contributed by atoms with Gasteiger partial charge in [-0.25, -0.2) is 4.79 Å². The predicted molar refractivity (Wildman–Crippen MR) is 152 cm³/mol. The summed E-state index contributed by atoms with van der Waals surface area (Å²) in [7, 11) is 0. The van der Waals surface area contributed by atoms with Crippen molar-refractivity contribution < 1.29 is 19.5 Å². The Morgan fingerprint density at radius 2 is 1.84 bits per heavy atom. The summed E-state index contributed by atoms with van der Waals surface area (Å²) in [5.74, 6) is -0.602. The second kappa shape index (κ2) is 14.8. The topological polar surface area (TPSA) is 152 Å². The van der Waals surface area contributed by atoms with Crippen molar-refractivity contribution in [3.8, 4) is 0 Å². The minimum absolute atomic E-state index is 0.0172. The number of thioether (sulfide) groups is 1. The van der Waals surface area contributed by atoms with Gasteiger partial charge in [-0.3, -0.25) is 9.59 Å². The second-order valence-corrected chi connectivity index (χ2v) is 10.6. The molecule has 2 fully saturated rings. The SMILES string of the molecule is CCCC(CO)NC(=O)/C(N)=C1\S[C@H](CNc2ccc(NC(=O)NCCN3CCCC3)cc2)C(=O)N1CC. The molecule has 210 valence electrons. The van der Waals surface area contributed by atoms with Gasteiger partial charge >= 0.3 is 6.03 Å². The average Bonchev–Trinajstić information content (AvgIpc) is 3.54. The number of aliphatic hydroxyl groups is 1. The van der Waals surface area contributed by atoms with Crippen LogP contribution in [-0.4, -0.2) is 89.9 Å². The fourth-order valence-corrected chi connectivity index (χ4v) is 5.70. The molecule has 0 bridgehead atoms. The Kier molecular flexibility index (Phi) is 11.6. The van der Waals surface area contributed by atoms with Gasteiger partial charge in [0.05, 0.1) is 12.6 Å². The van der Waals surface area contributed by atoms with Gasteiger partial charge in [-0.2, -0.15) is 0 Å². The molecule has 0 spiro atoms. The molecule has 2 atom stereocenters. The Morgan fingerprint density at radius 3 is 2.47 bits per heavy atom. The fraction of sp³-hybridized carbons (Fsp3) is 0.577. The normalized spacial score (nSPS) is 19.8. The van der Waals surface area contributed by atoms with E-state index in [0.717, 1.165) is 31.7 Å². The van der Waals surface area contributed by atoms with E-state index in [0.29, 0.717) is 36.8 Å². The van der Waals surface area contributed by atoms with Crippen LogP contribution in [0.4, 0.5) is 16.2 Å². The van der Waals surface area contributed by atoms with Crippen molar-refractivity contribution in [1.82, 2.24) is 20.4 Å². The van der Waals surface area contributed by atoms with Crippen LogP contribution in [0.3, 0.4) is 0 Å². The summed E-state index contributed by atoms with van der Waals surface area (Å²) in [5.41, 5.74) is 7.60. The summed E-state index contributed by atoms with van der Waals surface area (Å²) in [4.78, 5) is 41.6. The van der Waals surface area contributed by atoms with Crippen molar-refractivity contribution in [2.75, 3.05) is 56.5 Å². The molecule has 1 aromatic carbocycles. The predicted octanol–water partition coefficient (Wildman–Crippen LogP) is 1.68. The van der Waals surface area contributed by atoms with Crippen LogP contribution < -0.4 is 27.0 Å². The molecular formula is C26H41N7O4S. The van der Waals surface area contributed by atoms with Crippen molar-refractivity contribution in [2.24, 2.45) is 5.73 Å².